The molecule has 2 aromatic carbocycles. The van der Waals surface area contributed by atoms with Gasteiger partial charge in [-0.15, -0.1) is 0 Å². The summed E-state index contributed by atoms with van der Waals surface area (Å²) in [4.78, 5) is 13.5. The molecular formula is C15H12ClF2NO. The highest BCUT2D eigenvalue weighted by Crippen LogP contribution is 2.18. The average Bonchev–Trinajstić information content (AvgIpc) is 2.41. The first-order valence-electron chi connectivity index (χ1n) is 5.93. The number of amides is 1. The van der Waals surface area contributed by atoms with E-state index >= 15 is 0 Å². The molecule has 0 aliphatic heterocycles. The van der Waals surface area contributed by atoms with Crippen molar-refractivity contribution >= 4 is 17.5 Å². The van der Waals surface area contributed by atoms with Crippen LogP contribution in [0.25, 0.3) is 0 Å². The molecule has 2 aromatic rings. The standard InChI is InChI=1S/C15H12ClF2NO/c1-19(9-10-6-7-11(17)8-14(10)18)15(20)12-4-2-3-5-13(12)16/h2-8H,9H2,1H3. The van der Waals surface area contributed by atoms with Gasteiger partial charge in [-0.3, -0.25) is 4.79 Å². The van der Waals surface area contributed by atoms with Crippen LogP contribution in [0.1, 0.15) is 15.9 Å². The fourth-order valence-electron chi connectivity index (χ4n) is 1.82. The van der Waals surface area contributed by atoms with E-state index in [1.54, 1.807) is 24.3 Å². The number of hydrogen-bond donors (Lipinski definition) is 0. The lowest BCUT2D eigenvalue weighted by atomic mass is 10.1. The minimum absolute atomic E-state index is 0.0379. The van der Waals surface area contributed by atoms with Gasteiger partial charge >= 0.3 is 0 Å². The second-order valence-electron chi connectivity index (χ2n) is 4.38. The molecule has 0 spiro atoms. The van der Waals surface area contributed by atoms with E-state index in [1.807, 2.05) is 0 Å². The minimum atomic E-state index is -0.677. The summed E-state index contributed by atoms with van der Waals surface area (Å²) in [7, 11) is 1.54. The molecule has 0 radical (unpaired) electrons. The molecule has 2 rings (SSSR count). The van der Waals surface area contributed by atoms with Crippen LogP contribution in [0.5, 0.6) is 0 Å². The normalized spacial score (nSPS) is 10.4. The second-order valence-corrected chi connectivity index (χ2v) is 4.78. The van der Waals surface area contributed by atoms with Crippen LogP contribution < -0.4 is 0 Å². The molecule has 5 heteroatoms. The first kappa shape index (κ1) is 14.5. The molecule has 0 saturated heterocycles. The van der Waals surface area contributed by atoms with Gasteiger partial charge < -0.3 is 4.90 Å². The Balaban J connectivity index is 2.18. The Morgan fingerprint density at radius 3 is 2.55 bits per heavy atom. The van der Waals surface area contributed by atoms with Crippen molar-refractivity contribution in [3.8, 4) is 0 Å². The third-order valence-electron chi connectivity index (χ3n) is 2.87. The topological polar surface area (TPSA) is 20.3 Å². The van der Waals surface area contributed by atoms with E-state index in [2.05, 4.69) is 0 Å². The fraction of sp³-hybridized carbons (Fsp3) is 0.133. The van der Waals surface area contributed by atoms with Gasteiger partial charge in [0.1, 0.15) is 11.6 Å². The molecule has 20 heavy (non-hydrogen) atoms. The van der Waals surface area contributed by atoms with Crippen LogP contribution in [0.2, 0.25) is 5.02 Å². The number of halogens is 3. The first-order chi connectivity index (χ1) is 9.49. The Hall–Kier alpha value is -1.94. The summed E-state index contributed by atoms with van der Waals surface area (Å²) < 4.78 is 26.4. The van der Waals surface area contributed by atoms with Crippen molar-refractivity contribution in [3.05, 3.63) is 70.2 Å². The molecule has 0 N–H and O–H groups in total. The molecule has 1 amide bonds. The van der Waals surface area contributed by atoms with Crippen LogP contribution in [-0.4, -0.2) is 17.9 Å². The predicted molar refractivity (Wildman–Crippen MR) is 73.6 cm³/mol. The maximum absolute atomic E-state index is 13.6. The predicted octanol–water partition coefficient (Wildman–Crippen LogP) is 3.89. The van der Waals surface area contributed by atoms with Crippen LogP contribution in [0.4, 0.5) is 8.78 Å². The lowest BCUT2D eigenvalue weighted by molar-refractivity contribution is 0.0784. The van der Waals surface area contributed by atoms with Crippen molar-refractivity contribution in [1.82, 2.24) is 4.90 Å². The van der Waals surface area contributed by atoms with Crippen molar-refractivity contribution in [1.29, 1.82) is 0 Å². The van der Waals surface area contributed by atoms with E-state index in [4.69, 9.17) is 11.6 Å². The zero-order valence-electron chi connectivity index (χ0n) is 10.7. The van der Waals surface area contributed by atoms with E-state index < -0.39 is 11.6 Å². The Morgan fingerprint density at radius 1 is 1.20 bits per heavy atom. The highest BCUT2D eigenvalue weighted by atomic mass is 35.5. The van der Waals surface area contributed by atoms with E-state index in [0.29, 0.717) is 10.6 Å². The molecule has 0 aliphatic carbocycles. The van der Waals surface area contributed by atoms with Crippen LogP contribution >= 0.6 is 11.6 Å². The minimum Gasteiger partial charge on any atom is -0.337 e. The molecule has 2 nitrogen and oxygen atoms in total. The van der Waals surface area contributed by atoms with E-state index in [-0.39, 0.29) is 18.0 Å². The fourth-order valence-corrected chi connectivity index (χ4v) is 2.03. The van der Waals surface area contributed by atoms with Crippen LogP contribution in [0, 0.1) is 11.6 Å². The number of carbonyl (C=O) groups is 1. The van der Waals surface area contributed by atoms with Gasteiger partial charge in [0.25, 0.3) is 5.91 Å². The molecule has 0 aliphatic rings. The third-order valence-corrected chi connectivity index (χ3v) is 3.20. The summed E-state index contributed by atoms with van der Waals surface area (Å²) in [5.74, 6) is -1.64. The first-order valence-corrected chi connectivity index (χ1v) is 6.31. The Kier molecular flexibility index (Phi) is 4.35. The summed E-state index contributed by atoms with van der Waals surface area (Å²) >= 11 is 5.95. The molecule has 0 saturated carbocycles. The third kappa shape index (κ3) is 3.14. The van der Waals surface area contributed by atoms with Gasteiger partial charge in [-0.25, -0.2) is 8.78 Å². The SMILES string of the molecule is CN(Cc1ccc(F)cc1F)C(=O)c1ccccc1Cl. The average molecular weight is 296 g/mol. The molecule has 0 atom stereocenters. The van der Waals surface area contributed by atoms with Crippen LogP contribution in [0.3, 0.4) is 0 Å². The zero-order chi connectivity index (χ0) is 14.7. The summed E-state index contributed by atoms with van der Waals surface area (Å²) in [5, 5.41) is 0.337. The zero-order valence-corrected chi connectivity index (χ0v) is 11.5. The molecule has 0 aromatic heterocycles. The van der Waals surface area contributed by atoms with Gasteiger partial charge in [0.05, 0.1) is 10.6 Å². The monoisotopic (exact) mass is 295 g/mol. The quantitative estimate of drug-likeness (QED) is 0.841. The van der Waals surface area contributed by atoms with Crippen molar-refractivity contribution in [2.75, 3.05) is 7.05 Å². The maximum atomic E-state index is 13.6. The highest BCUT2D eigenvalue weighted by Gasteiger charge is 2.16. The van der Waals surface area contributed by atoms with E-state index in [9.17, 15) is 13.6 Å². The lowest BCUT2D eigenvalue weighted by Gasteiger charge is -2.18. The number of benzene rings is 2. The molecular weight excluding hydrogens is 284 g/mol. The maximum Gasteiger partial charge on any atom is 0.255 e. The lowest BCUT2D eigenvalue weighted by Crippen LogP contribution is -2.26. The molecule has 0 bridgehead atoms. The Morgan fingerprint density at radius 2 is 1.90 bits per heavy atom. The van der Waals surface area contributed by atoms with Gasteiger partial charge in [-0.2, -0.15) is 0 Å². The number of carbonyl (C=O) groups excluding carboxylic acids is 1. The Bertz CT molecular complexity index is 646. The number of nitrogens with zero attached hydrogens (tertiary/aromatic N) is 1. The molecule has 0 heterocycles. The van der Waals surface area contributed by atoms with Gasteiger partial charge in [0, 0.05) is 25.2 Å². The summed E-state index contributed by atoms with van der Waals surface area (Å²) in [6.45, 7) is 0.0379. The summed E-state index contributed by atoms with van der Waals surface area (Å²) in [5.41, 5.74) is 0.591. The van der Waals surface area contributed by atoms with E-state index in [0.717, 1.165) is 12.1 Å². The van der Waals surface area contributed by atoms with Crippen LogP contribution in [0.15, 0.2) is 42.5 Å². The van der Waals surface area contributed by atoms with Gasteiger partial charge in [0.15, 0.2) is 0 Å². The van der Waals surface area contributed by atoms with Gasteiger partial charge in [0.2, 0.25) is 0 Å². The van der Waals surface area contributed by atoms with Crippen molar-refractivity contribution in [3.63, 3.8) is 0 Å². The second kappa shape index (κ2) is 6.01. The van der Waals surface area contributed by atoms with Crippen LogP contribution in [-0.2, 0) is 6.54 Å². The number of hydrogen-bond acceptors (Lipinski definition) is 1. The Labute approximate surface area is 120 Å². The van der Waals surface area contributed by atoms with Crippen molar-refractivity contribution < 1.29 is 13.6 Å². The smallest absolute Gasteiger partial charge is 0.255 e. The highest BCUT2D eigenvalue weighted by molar-refractivity contribution is 6.33. The van der Waals surface area contributed by atoms with Gasteiger partial charge in [-0.05, 0) is 18.2 Å². The molecule has 0 fully saturated rings. The molecule has 0 unspecified atom stereocenters. The van der Waals surface area contributed by atoms with Gasteiger partial charge in [-0.1, -0.05) is 29.8 Å². The van der Waals surface area contributed by atoms with Crippen molar-refractivity contribution in [2.45, 2.75) is 6.54 Å². The number of rotatable bonds is 3. The summed E-state index contributed by atoms with van der Waals surface area (Å²) in [6.07, 6.45) is 0. The van der Waals surface area contributed by atoms with E-state index in [1.165, 1.54) is 18.0 Å². The molecule has 104 valence electrons. The largest absolute Gasteiger partial charge is 0.337 e. The summed E-state index contributed by atoms with van der Waals surface area (Å²) in [6, 6.07) is 9.91. The van der Waals surface area contributed by atoms with Crippen molar-refractivity contribution in [2.24, 2.45) is 0 Å².